The van der Waals surface area contributed by atoms with Crippen LogP contribution in [-0.2, 0) is 14.3 Å². The molecule has 0 aliphatic heterocycles. The highest BCUT2D eigenvalue weighted by molar-refractivity contribution is 5.97. The summed E-state index contributed by atoms with van der Waals surface area (Å²) in [5.74, 6) is -1.27. The van der Waals surface area contributed by atoms with Gasteiger partial charge in [-0.05, 0) is 56.7 Å². The van der Waals surface area contributed by atoms with Crippen LogP contribution in [0.3, 0.4) is 0 Å². The van der Waals surface area contributed by atoms with E-state index < -0.39 is 11.9 Å². The third-order valence-corrected chi connectivity index (χ3v) is 5.16. The van der Waals surface area contributed by atoms with Crippen LogP contribution >= 0.6 is 0 Å². The van der Waals surface area contributed by atoms with Crippen LogP contribution in [0.2, 0.25) is 0 Å². The van der Waals surface area contributed by atoms with Crippen LogP contribution in [0.15, 0.2) is 66.7 Å². The molecular weight excluding hydrogens is 374 g/mol. The van der Waals surface area contributed by atoms with Gasteiger partial charge in [-0.25, -0.2) is 0 Å². The normalized spacial score (nSPS) is 11.4. The number of hydrogen-bond donors (Lipinski definition) is 0. The van der Waals surface area contributed by atoms with Gasteiger partial charge in [-0.15, -0.1) is 0 Å². The van der Waals surface area contributed by atoms with Crippen molar-refractivity contribution in [3.8, 4) is 0 Å². The van der Waals surface area contributed by atoms with Crippen molar-refractivity contribution in [2.24, 2.45) is 5.92 Å². The Bertz CT molecular complexity index is 769. The number of carbonyl (C=O) groups is 2. The predicted molar refractivity (Wildman–Crippen MR) is 122 cm³/mol. The average Bonchev–Trinajstić information content (AvgIpc) is 2.78. The highest BCUT2D eigenvalue weighted by Gasteiger charge is 2.30. The molecular formula is C26H33NO3. The molecule has 0 aliphatic rings. The van der Waals surface area contributed by atoms with Gasteiger partial charge in [0.05, 0.1) is 6.61 Å². The molecule has 0 saturated heterocycles. The molecule has 0 heterocycles. The minimum Gasteiger partial charge on any atom is -0.465 e. The van der Waals surface area contributed by atoms with E-state index in [-0.39, 0.29) is 12.5 Å². The second-order valence-corrected chi connectivity index (χ2v) is 7.10. The van der Waals surface area contributed by atoms with Gasteiger partial charge in [0.25, 0.3) is 0 Å². The van der Waals surface area contributed by atoms with Gasteiger partial charge < -0.3 is 9.64 Å². The van der Waals surface area contributed by atoms with Gasteiger partial charge >= 0.3 is 5.97 Å². The van der Waals surface area contributed by atoms with Crippen molar-refractivity contribution in [3.05, 3.63) is 77.9 Å². The van der Waals surface area contributed by atoms with E-state index in [0.717, 1.165) is 24.0 Å². The number of amides is 1. The van der Waals surface area contributed by atoms with Crippen molar-refractivity contribution in [1.82, 2.24) is 4.90 Å². The lowest BCUT2D eigenvalue weighted by molar-refractivity contribution is -0.155. The summed E-state index contributed by atoms with van der Waals surface area (Å²) in [7, 11) is 0. The van der Waals surface area contributed by atoms with E-state index in [9.17, 15) is 9.59 Å². The van der Waals surface area contributed by atoms with Gasteiger partial charge in [-0.1, -0.05) is 66.7 Å². The highest BCUT2D eigenvalue weighted by Crippen LogP contribution is 2.25. The fourth-order valence-corrected chi connectivity index (χ4v) is 3.55. The smallest absolute Gasteiger partial charge is 0.318 e. The standard InChI is InChI=1S/C26H33NO3/c1-4-27(5-2)25(28)24(26(29)30-6-3)20-14-13-19-23(21-15-9-7-10-16-21)22-17-11-8-12-18-22/h7-12,15-19,24H,4-6,13-14,20H2,1-3H3. The monoisotopic (exact) mass is 407 g/mol. The molecule has 4 nitrogen and oxygen atoms in total. The summed E-state index contributed by atoms with van der Waals surface area (Å²) in [4.78, 5) is 26.9. The molecule has 0 aliphatic carbocycles. The summed E-state index contributed by atoms with van der Waals surface area (Å²) in [5, 5.41) is 0. The fourth-order valence-electron chi connectivity index (χ4n) is 3.55. The lowest BCUT2D eigenvalue weighted by Crippen LogP contribution is -2.40. The van der Waals surface area contributed by atoms with E-state index in [4.69, 9.17) is 4.74 Å². The minimum atomic E-state index is -0.727. The number of esters is 1. The van der Waals surface area contributed by atoms with Crippen LogP contribution in [0, 0.1) is 5.92 Å². The Morgan fingerprint density at radius 3 is 1.90 bits per heavy atom. The first kappa shape index (κ1) is 23.4. The molecule has 4 heteroatoms. The van der Waals surface area contributed by atoms with Crippen molar-refractivity contribution in [2.45, 2.75) is 40.0 Å². The van der Waals surface area contributed by atoms with E-state index in [1.807, 2.05) is 50.2 Å². The van der Waals surface area contributed by atoms with Gasteiger partial charge in [0.15, 0.2) is 0 Å². The molecule has 1 amide bonds. The van der Waals surface area contributed by atoms with Crippen LogP contribution in [0.25, 0.3) is 5.57 Å². The van der Waals surface area contributed by atoms with Crippen molar-refractivity contribution in [1.29, 1.82) is 0 Å². The van der Waals surface area contributed by atoms with Crippen LogP contribution in [0.1, 0.15) is 51.2 Å². The molecule has 0 fully saturated rings. The van der Waals surface area contributed by atoms with Crippen LogP contribution < -0.4 is 0 Å². The fraction of sp³-hybridized carbons (Fsp3) is 0.385. The number of allylic oxidation sites excluding steroid dienone is 1. The summed E-state index contributed by atoms with van der Waals surface area (Å²) < 4.78 is 5.18. The molecule has 0 radical (unpaired) electrons. The third-order valence-electron chi connectivity index (χ3n) is 5.16. The topological polar surface area (TPSA) is 46.6 Å². The highest BCUT2D eigenvalue weighted by atomic mass is 16.5. The molecule has 0 spiro atoms. The summed E-state index contributed by atoms with van der Waals surface area (Å²) in [6.07, 6.45) is 4.20. The second kappa shape index (κ2) is 12.6. The molecule has 1 unspecified atom stereocenters. The molecule has 160 valence electrons. The molecule has 2 aromatic rings. The van der Waals surface area contributed by atoms with Crippen LogP contribution in [0.5, 0.6) is 0 Å². The third kappa shape index (κ3) is 6.58. The van der Waals surface area contributed by atoms with Gasteiger partial charge in [0.2, 0.25) is 5.91 Å². The quantitative estimate of drug-likeness (QED) is 0.287. The molecule has 2 rings (SSSR count). The van der Waals surface area contributed by atoms with E-state index in [2.05, 4.69) is 30.3 Å². The van der Waals surface area contributed by atoms with Crippen LogP contribution in [0.4, 0.5) is 0 Å². The maximum absolute atomic E-state index is 12.8. The Labute approximate surface area is 180 Å². The number of nitrogens with zero attached hydrogens (tertiary/aromatic N) is 1. The number of hydrogen-bond acceptors (Lipinski definition) is 3. The maximum Gasteiger partial charge on any atom is 0.318 e. The Hall–Kier alpha value is -2.88. The second-order valence-electron chi connectivity index (χ2n) is 7.10. The first-order chi connectivity index (χ1) is 14.6. The molecule has 0 saturated carbocycles. The zero-order valence-electron chi connectivity index (χ0n) is 18.3. The number of ether oxygens (including phenoxy) is 1. The van der Waals surface area contributed by atoms with Crippen molar-refractivity contribution >= 4 is 17.4 Å². The number of carbonyl (C=O) groups excluding carboxylic acids is 2. The zero-order chi connectivity index (χ0) is 21.8. The van der Waals surface area contributed by atoms with Crippen molar-refractivity contribution in [3.63, 3.8) is 0 Å². The molecule has 1 atom stereocenters. The lowest BCUT2D eigenvalue weighted by atomic mass is 9.95. The van der Waals surface area contributed by atoms with Crippen molar-refractivity contribution < 1.29 is 14.3 Å². The van der Waals surface area contributed by atoms with E-state index >= 15 is 0 Å². The molecule has 0 aromatic heterocycles. The lowest BCUT2D eigenvalue weighted by Gasteiger charge is -2.24. The first-order valence-corrected chi connectivity index (χ1v) is 10.9. The first-order valence-electron chi connectivity index (χ1n) is 10.9. The minimum absolute atomic E-state index is 0.131. The van der Waals surface area contributed by atoms with Gasteiger partial charge in [-0.2, -0.15) is 0 Å². The largest absolute Gasteiger partial charge is 0.465 e. The molecule has 2 aromatic carbocycles. The Morgan fingerprint density at radius 1 is 0.900 bits per heavy atom. The number of benzene rings is 2. The van der Waals surface area contributed by atoms with E-state index in [0.29, 0.717) is 19.5 Å². The van der Waals surface area contributed by atoms with Gasteiger partial charge in [0, 0.05) is 13.1 Å². The Morgan fingerprint density at radius 2 is 1.43 bits per heavy atom. The Balaban J connectivity index is 2.13. The molecule has 0 N–H and O–H groups in total. The summed E-state index contributed by atoms with van der Waals surface area (Å²) in [6.45, 7) is 7.10. The predicted octanol–water partition coefficient (Wildman–Crippen LogP) is 5.34. The molecule has 30 heavy (non-hydrogen) atoms. The zero-order valence-corrected chi connectivity index (χ0v) is 18.3. The SMILES string of the molecule is CCOC(=O)C(CCCC=C(c1ccccc1)c1ccccc1)C(=O)N(CC)CC. The maximum atomic E-state index is 12.8. The summed E-state index contributed by atoms with van der Waals surface area (Å²) in [6, 6.07) is 20.6. The summed E-state index contributed by atoms with van der Waals surface area (Å²) in [5.41, 5.74) is 3.48. The van der Waals surface area contributed by atoms with Crippen LogP contribution in [-0.4, -0.2) is 36.5 Å². The van der Waals surface area contributed by atoms with E-state index in [1.165, 1.54) is 5.57 Å². The number of rotatable bonds is 11. The average molecular weight is 408 g/mol. The van der Waals surface area contributed by atoms with Gasteiger partial charge in [-0.3, -0.25) is 9.59 Å². The van der Waals surface area contributed by atoms with Gasteiger partial charge in [0.1, 0.15) is 5.92 Å². The van der Waals surface area contributed by atoms with Crippen molar-refractivity contribution in [2.75, 3.05) is 19.7 Å². The Kier molecular flexibility index (Phi) is 9.85. The molecule has 0 bridgehead atoms. The number of unbranched alkanes of at least 4 members (excludes halogenated alkanes) is 1. The van der Waals surface area contributed by atoms with E-state index in [1.54, 1.807) is 11.8 Å². The summed E-state index contributed by atoms with van der Waals surface area (Å²) >= 11 is 0.